The number of nitrogens with zero attached hydrogens (tertiary/aromatic N) is 4. The molecule has 2 aliphatic heterocycles. The van der Waals surface area contributed by atoms with Gasteiger partial charge in [0.05, 0.1) is 6.04 Å². The number of carbonyl (C=O) groups excluding carboxylic acids is 1. The van der Waals surface area contributed by atoms with Crippen LogP contribution in [0.5, 0.6) is 0 Å². The quantitative estimate of drug-likeness (QED) is 0.846. The van der Waals surface area contributed by atoms with Gasteiger partial charge in [-0.1, -0.05) is 0 Å². The van der Waals surface area contributed by atoms with Gasteiger partial charge in [0.1, 0.15) is 22.6 Å². The van der Waals surface area contributed by atoms with Gasteiger partial charge in [-0.3, -0.25) is 4.40 Å². The van der Waals surface area contributed by atoms with E-state index in [1.165, 1.54) is 0 Å². The topological polar surface area (TPSA) is 85.8 Å². The maximum absolute atomic E-state index is 11.7. The van der Waals surface area contributed by atoms with Crippen molar-refractivity contribution in [3.05, 3.63) is 22.8 Å². The number of halogens is 1. The summed E-state index contributed by atoms with van der Waals surface area (Å²) in [6, 6.07) is 0.218. The van der Waals surface area contributed by atoms with Crippen LogP contribution in [0.1, 0.15) is 24.6 Å². The van der Waals surface area contributed by atoms with Crippen LogP contribution in [-0.4, -0.2) is 44.6 Å². The second kappa shape index (κ2) is 4.59. The molecular weight excluding hydrogens is 338 g/mol. The number of piperidine rings is 1. The summed E-state index contributed by atoms with van der Waals surface area (Å²) in [6.45, 7) is 1.14. The number of imidazole rings is 1. The number of hydrogen-bond donors (Lipinski definition) is 1. The first-order valence-corrected chi connectivity index (χ1v) is 7.66. The Morgan fingerprint density at radius 1 is 1.43 bits per heavy atom. The molecule has 2 saturated heterocycles. The van der Waals surface area contributed by atoms with Crippen molar-refractivity contribution < 1.29 is 9.53 Å². The van der Waals surface area contributed by atoms with Gasteiger partial charge in [-0.2, -0.15) is 0 Å². The summed E-state index contributed by atoms with van der Waals surface area (Å²) < 4.78 is 7.76. The summed E-state index contributed by atoms with van der Waals surface area (Å²) in [7, 11) is 0. The molecule has 0 aliphatic carbocycles. The second-order valence-electron chi connectivity index (χ2n) is 5.45. The number of anilines is 1. The van der Waals surface area contributed by atoms with Crippen LogP contribution in [-0.2, 0) is 4.74 Å². The van der Waals surface area contributed by atoms with Gasteiger partial charge in [0, 0.05) is 24.9 Å². The van der Waals surface area contributed by atoms with Gasteiger partial charge in [-0.05, 0) is 28.8 Å². The number of carbonyl (C=O) groups is 1. The molecule has 0 aromatic carbocycles. The van der Waals surface area contributed by atoms with Crippen LogP contribution in [0.25, 0.3) is 5.52 Å². The molecule has 110 valence electrons. The van der Waals surface area contributed by atoms with E-state index >= 15 is 0 Å². The number of aromatic nitrogens is 3. The lowest BCUT2D eigenvalue weighted by atomic mass is 9.93. The number of ether oxygens (including phenoxy) is 1. The highest BCUT2D eigenvalue weighted by Gasteiger charge is 2.39. The smallest absolute Gasteiger partial charge is 0.410 e. The molecule has 8 heteroatoms. The Labute approximate surface area is 129 Å². The highest BCUT2D eigenvalue weighted by molar-refractivity contribution is 9.10. The fraction of sp³-hybridized carbons (Fsp3) is 0.462. The molecule has 0 saturated carbocycles. The van der Waals surface area contributed by atoms with Crippen LogP contribution in [0.3, 0.4) is 0 Å². The van der Waals surface area contributed by atoms with Crippen LogP contribution >= 0.6 is 15.9 Å². The van der Waals surface area contributed by atoms with Crippen molar-refractivity contribution in [3.8, 4) is 0 Å². The predicted octanol–water partition coefficient (Wildman–Crippen LogP) is 1.77. The molecule has 2 N–H and O–H groups in total. The molecule has 2 atom stereocenters. The van der Waals surface area contributed by atoms with Crippen molar-refractivity contribution in [2.24, 2.45) is 0 Å². The van der Waals surface area contributed by atoms with Crippen molar-refractivity contribution in [2.75, 3.05) is 18.9 Å². The number of amides is 1. The van der Waals surface area contributed by atoms with Gasteiger partial charge in [0.2, 0.25) is 0 Å². The molecule has 21 heavy (non-hydrogen) atoms. The monoisotopic (exact) mass is 351 g/mol. The van der Waals surface area contributed by atoms with Gasteiger partial charge in [0.15, 0.2) is 5.82 Å². The lowest BCUT2D eigenvalue weighted by Gasteiger charge is -2.31. The van der Waals surface area contributed by atoms with Gasteiger partial charge in [-0.25, -0.2) is 14.8 Å². The Hall–Kier alpha value is -1.83. The maximum Gasteiger partial charge on any atom is 0.410 e. The Kier molecular flexibility index (Phi) is 2.81. The summed E-state index contributed by atoms with van der Waals surface area (Å²) in [5, 5.41) is 0. The van der Waals surface area contributed by atoms with Crippen molar-refractivity contribution in [3.63, 3.8) is 0 Å². The van der Waals surface area contributed by atoms with E-state index in [0.717, 1.165) is 24.2 Å². The van der Waals surface area contributed by atoms with E-state index in [2.05, 4.69) is 25.9 Å². The van der Waals surface area contributed by atoms with Gasteiger partial charge in [-0.15, -0.1) is 0 Å². The Morgan fingerprint density at radius 2 is 2.29 bits per heavy atom. The summed E-state index contributed by atoms with van der Waals surface area (Å²) >= 11 is 3.45. The summed E-state index contributed by atoms with van der Waals surface area (Å²) in [5.41, 5.74) is 6.70. The first kappa shape index (κ1) is 12.9. The summed E-state index contributed by atoms with van der Waals surface area (Å²) in [5.74, 6) is 1.52. The average Bonchev–Trinajstić information content (AvgIpc) is 3.01. The van der Waals surface area contributed by atoms with Crippen LogP contribution < -0.4 is 5.73 Å². The van der Waals surface area contributed by atoms with Gasteiger partial charge < -0.3 is 15.4 Å². The number of nitrogen functional groups attached to an aromatic ring is 1. The zero-order valence-corrected chi connectivity index (χ0v) is 12.8. The normalized spacial score (nSPS) is 25.2. The lowest BCUT2D eigenvalue weighted by Crippen LogP contribution is -2.41. The van der Waals surface area contributed by atoms with Crippen molar-refractivity contribution in [1.29, 1.82) is 0 Å². The fourth-order valence-electron chi connectivity index (χ4n) is 3.22. The number of cyclic esters (lactones) is 1. The van der Waals surface area contributed by atoms with E-state index < -0.39 is 0 Å². The SMILES string of the molecule is Nc1nccn2c(C3CC[C@H]4COC(=O)N4C3)nc(Br)c12. The third-order valence-electron chi connectivity index (χ3n) is 4.27. The molecule has 7 nitrogen and oxygen atoms in total. The third-order valence-corrected chi connectivity index (χ3v) is 4.83. The second-order valence-corrected chi connectivity index (χ2v) is 6.20. The van der Waals surface area contributed by atoms with Crippen LogP contribution in [0.4, 0.5) is 10.6 Å². The minimum Gasteiger partial charge on any atom is -0.447 e. The van der Waals surface area contributed by atoms with E-state index in [9.17, 15) is 4.79 Å². The van der Waals surface area contributed by atoms with Crippen LogP contribution in [0, 0.1) is 0 Å². The predicted molar refractivity (Wildman–Crippen MR) is 78.9 cm³/mol. The Bertz CT molecular complexity index is 731. The first-order valence-electron chi connectivity index (χ1n) is 6.86. The van der Waals surface area contributed by atoms with Gasteiger partial charge in [0.25, 0.3) is 0 Å². The fourth-order valence-corrected chi connectivity index (χ4v) is 3.79. The minimum absolute atomic E-state index is 0.174. The lowest BCUT2D eigenvalue weighted by molar-refractivity contribution is 0.150. The Balaban J connectivity index is 1.74. The molecule has 2 aliphatic rings. The zero-order chi connectivity index (χ0) is 14.6. The number of rotatable bonds is 1. The standard InChI is InChI=1S/C13H14BrN5O2/c14-10-9-11(15)16-3-4-18(9)12(17-10)7-1-2-8-6-21-13(20)19(8)5-7/h3-4,7-8H,1-2,5-6H2,(H2,15,16)/t7?,8-/m0/s1. The molecule has 4 heterocycles. The van der Waals surface area contributed by atoms with Crippen LogP contribution in [0.15, 0.2) is 17.0 Å². The highest BCUT2D eigenvalue weighted by Crippen LogP contribution is 2.35. The molecule has 1 unspecified atom stereocenters. The molecule has 2 aromatic heterocycles. The largest absolute Gasteiger partial charge is 0.447 e. The van der Waals surface area contributed by atoms with E-state index in [-0.39, 0.29) is 18.1 Å². The molecule has 0 bridgehead atoms. The van der Waals surface area contributed by atoms with Crippen molar-refractivity contribution in [1.82, 2.24) is 19.3 Å². The molecule has 1 amide bonds. The third kappa shape index (κ3) is 1.89. The molecule has 2 fully saturated rings. The van der Waals surface area contributed by atoms with Crippen molar-refractivity contribution >= 4 is 33.4 Å². The zero-order valence-electron chi connectivity index (χ0n) is 11.2. The molecule has 2 aromatic rings. The summed E-state index contributed by atoms with van der Waals surface area (Å²) in [4.78, 5) is 22.2. The van der Waals surface area contributed by atoms with Crippen molar-refractivity contribution in [2.45, 2.75) is 24.8 Å². The van der Waals surface area contributed by atoms with Crippen LogP contribution in [0.2, 0.25) is 0 Å². The highest BCUT2D eigenvalue weighted by atomic mass is 79.9. The molecule has 0 radical (unpaired) electrons. The molecular formula is C13H14BrN5O2. The average molecular weight is 352 g/mol. The molecule has 4 rings (SSSR count). The van der Waals surface area contributed by atoms with E-state index in [1.54, 1.807) is 6.20 Å². The number of nitrogens with two attached hydrogens (primary N) is 1. The number of fused-ring (bicyclic) bond motifs is 2. The first-order chi connectivity index (χ1) is 10.1. The van der Waals surface area contributed by atoms with Gasteiger partial charge >= 0.3 is 6.09 Å². The minimum atomic E-state index is -0.217. The van der Waals surface area contributed by atoms with E-state index in [1.807, 2.05) is 15.5 Å². The van der Waals surface area contributed by atoms with E-state index in [4.69, 9.17) is 10.5 Å². The maximum atomic E-state index is 11.7. The summed E-state index contributed by atoms with van der Waals surface area (Å²) in [6.07, 6.45) is 5.21. The van der Waals surface area contributed by atoms with E-state index in [0.29, 0.717) is 23.6 Å². The number of hydrogen-bond acceptors (Lipinski definition) is 5. The Morgan fingerprint density at radius 3 is 3.14 bits per heavy atom. The molecule has 0 spiro atoms.